The zero-order valence-electron chi connectivity index (χ0n) is 4.85. The van der Waals surface area contributed by atoms with E-state index < -0.39 is 0 Å². The lowest BCUT2D eigenvalue weighted by Gasteiger charge is -1.87. The molecule has 0 atom stereocenters. The van der Waals surface area contributed by atoms with Crippen LogP contribution in [0.1, 0.15) is 0 Å². The first-order valence-electron chi connectivity index (χ1n) is 2.68. The summed E-state index contributed by atoms with van der Waals surface area (Å²) >= 11 is 0. The van der Waals surface area contributed by atoms with Gasteiger partial charge in [-0.1, -0.05) is 13.2 Å². The zero-order chi connectivity index (χ0) is 6.59. The van der Waals surface area contributed by atoms with Crippen molar-refractivity contribution in [2.24, 2.45) is 0 Å². The summed E-state index contributed by atoms with van der Waals surface area (Å²) in [5.41, 5.74) is 2.80. The summed E-state index contributed by atoms with van der Waals surface area (Å²) in [5.74, 6) is 0.0115. The quantitative estimate of drug-likeness (QED) is 0.395. The number of carbonyl (C=O) groups is 1. The van der Waals surface area contributed by atoms with Crippen molar-refractivity contribution in [3.63, 3.8) is 0 Å². The summed E-state index contributed by atoms with van der Waals surface area (Å²) in [5, 5.41) is 0. The Morgan fingerprint density at radius 2 is 2.22 bits per heavy atom. The minimum absolute atomic E-state index is 0.0115. The Bertz CT molecular complexity index is 270. The molecule has 2 aliphatic rings. The molecule has 0 unspecified atom stereocenters. The number of hydrogen-bond acceptors (Lipinski definition) is 2. The molecule has 9 heavy (non-hydrogen) atoms. The van der Waals surface area contributed by atoms with Crippen molar-refractivity contribution in [1.29, 1.82) is 0 Å². The molecule has 2 aliphatic heterocycles. The van der Waals surface area contributed by atoms with Crippen LogP contribution in [-0.4, -0.2) is 10.7 Å². The Morgan fingerprint density at radius 3 is 2.56 bits per heavy atom. The third kappa shape index (κ3) is 0.344. The highest BCUT2D eigenvalue weighted by atomic mass is 16.1. The number of hydrogen-bond donors (Lipinski definition) is 0. The van der Waals surface area contributed by atoms with E-state index in [0.29, 0.717) is 0 Å². The van der Waals surface area contributed by atoms with Gasteiger partial charge in [0.05, 0.1) is 11.4 Å². The van der Waals surface area contributed by atoms with Gasteiger partial charge in [0.15, 0.2) is 0 Å². The van der Waals surface area contributed by atoms with Crippen LogP contribution in [0.5, 0.6) is 0 Å². The molecule has 0 aromatic heterocycles. The molecule has 2 heterocycles. The van der Waals surface area contributed by atoms with Crippen molar-refractivity contribution in [2.75, 3.05) is 0 Å². The van der Waals surface area contributed by atoms with Gasteiger partial charge in [-0.15, -0.1) is 0 Å². The minimum Gasteiger partial charge on any atom is -0.299 e. The first-order chi connectivity index (χ1) is 4.27. The van der Waals surface area contributed by atoms with Crippen LogP contribution in [0.25, 0.3) is 0 Å². The second-order valence-electron chi connectivity index (χ2n) is 2.05. The molecule has 0 amide bonds. The van der Waals surface area contributed by atoms with Gasteiger partial charge in [0, 0.05) is 0 Å². The number of nitrogens with zero attached hydrogens (tertiary/aromatic N) is 1. The molecule has 2 heteroatoms. The van der Waals surface area contributed by atoms with Crippen LogP contribution in [0, 0.1) is 0 Å². The lowest BCUT2D eigenvalue weighted by Crippen LogP contribution is -1.96. The fourth-order valence-electron chi connectivity index (χ4n) is 0.906. The molecule has 0 saturated carbocycles. The first kappa shape index (κ1) is 4.56. The second kappa shape index (κ2) is 1.00. The van der Waals surface area contributed by atoms with E-state index in [-0.39, 0.29) is 5.78 Å². The number of fused-ring (bicyclic) bond motifs is 1. The van der Waals surface area contributed by atoms with Crippen LogP contribution in [0.4, 0.5) is 0 Å². The summed E-state index contributed by atoms with van der Waals surface area (Å²) in [4.78, 5) is 12.5. The zero-order valence-corrected chi connectivity index (χ0v) is 4.85. The van der Waals surface area contributed by atoms with Crippen molar-refractivity contribution >= 4 is 5.78 Å². The fraction of sp³-hybridized carbons (Fsp3) is 0. The summed E-state index contributed by atoms with van der Waals surface area (Å²) in [6.07, 6.45) is 1.32. The first-order valence-corrected chi connectivity index (χ1v) is 2.68. The van der Waals surface area contributed by atoms with E-state index >= 15 is 0 Å². The van der Waals surface area contributed by atoms with E-state index in [4.69, 9.17) is 0 Å². The molecule has 1 saturated heterocycles. The molecule has 0 radical (unpaired) electrons. The Kier molecular flexibility index (Phi) is 0.508. The van der Waals surface area contributed by atoms with Gasteiger partial charge in [-0.25, -0.2) is 0 Å². The second-order valence-corrected chi connectivity index (χ2v) is 2.05. The molecule has 0 N–H and O–H groups in total. The predicted molar refractivity (Wildman–Crippen MR) is 33.2 cm³/mol. The van der Waals surface area contributed by atoms with E-state index in [2.05, 4.69) is 13.2 Å². The number of allylic oxidation sites excluding steroid dienone is 1. The van der Waals surface area contributed by atoms with Gasteiger partial charge < -0.3 is 0 Å². The van der Waals surface area contributed by atoms with Crippen LogP contribution < -0.4 is 0 Å². The van der Waals surface area contributed by atoms with Crippen LogP contribution in [-0.2, 0) is 4.79 Å². The van der Waals surface area contributed by atoms with Crippen LogP contribution >= 0.6 is 0 Å². The van der Waals surface area contributed by atoms with Crippen LogP contribution in [0.2, 0.25) is 0 Å². The van der Waals surface area contributed by atoms with E-state index in [9.17, 15) is 4.79 Å². The van der Waals surface area contributed by atoms with Crippen molar-refractivity contribution in [3.05, 3.63) is 36.3 Å². The molecule has 0 aromatic carbocycles. The Labute approximate surface area is 52.8 Å². The predicted octanol–water partition coefficient (Wildman–Crippen LogP) is 0.796. The van der Waals surface area contributed by atoms with E-state index in [1.54, 1.807) is 0 Å². The van der Waals surface area contributed by atoms with Gasteiger partial charge in [0.1, 0.15) is 5.70 Å². The van der Waals surface area contributed by atoms with Gasteiger partial charge in [0.2, 0.25) is 5.78 Å². The van der Waals surface area contributed by atoms with Crippen LogP contribution in [0.3, 0.4) is 0 Å². The summed E-state index contributed by atoms with van der Waals surface area (Å²) in [6.45, 7) is 7.01. The topological polar surface area (TPSA) is 20.1 Å². The Morgan fingerprint density at radius 1 is 1.67 bits per heavy atom. The molecule has 0 aliphatic carbocycles. The molecule has 2 rings (SSSR count). The maximum absolute atomic E-state index is 10.7. The maximum Gasteiger partial charge on any atom is 0.204 e. The highest BCUT2D eigenvalue weighted by Gasteiger charge is 2.56. The molecular weight excluding hydrogens is 114 g/mol. The summed E-state index contributed by atoms with van der Waals surface area (Å²) in [6, 6.07) is 0. The third-order valence-corrected chi connectivity index (χ3v) is 1.53. The normalized spacial score (nSPS) is 19.6. The highest BCUT2D eigenvalue weighted by Crippen LogP contribution is 2.57. The van der Waals surface area contributed by atoms with Crippen molar-refractivity contribution in [3.8, 4) is 0 Å². The van der Waals surface area contributed by atoms with E-state index in [1.807, 2.05) is 4.90 Å². The SMILES string of the molecule is C=CC(=O)C1=C2C(=C)N21. The molecule has 2 nitrogen and oxygen atoms in total. The Hall–Kier alpha value is -1.31. The fourth-order valence-corrected chi connectivity index (χ4v) is 0.906. The molecule has 0 spiro atoms. The van der Waals surface area contributed by atoms with Gasteiger partial charge in [-0.3, -0.25) is 9.69 Å². The van der Waals surface area contributed by atoms with Gasteiger partial charge >= 0.3 is 0 Å². The summed E-state index contributed by atoms with van der Waals surface area (Å²) in [7, 11) is 0. The van der Waals surface area contributed by atoms with Gasteiger partial charge in [-0.05, 0) is 6.08 Å². The maximum atomic E-state index is 10.7. The van der Waals surface area contributed by atoms with Gasteiger partial charge in [-0.2, -0.15) is 0 Å². The number of rotatable bonds is 2. The molecular formula is C7H5NO. The van der Waals surface area contributed by atoms with E-state index in [0.717, 1.165) is 17.1 Å². The monoisotopic (exact) mass is 119 g/mol. The molecule has 44 valence electrons. The minimum atomic E-state index is 0.0115. The van der Waals surface area contributed by atoms with E-state index in [1.165, 1.54) is 6.08 Å². The average Bonchev–Trinajstić information content (AvgIpc) is 2.70. The molecule has 0 bridgehead atoms. The third-order valence-electron chi connectivity index (χ3n) is 1.53. The van der Waals surface area contributed by atoms with Gasteiger partial charge in [0.25, 0.3) is 0 Å². The summed E-state index contributed by atoms with van der Waals surface area (Å²) < 4.78 is 0. The van der Waals surface area contributed by atoms with Crippen LogP contribution in [0.15, 0.2) is 36.3 Å². The molecule has 0 aromatic rings. The van der Waals surface area contributed by atoms with Crippen molar-refractivity contribution < 1.29 is 4.79 Å². The lowest BCUT2D eigenvalue weighted by molar-refractivity contribution is -0.111. The standard InChI is InChI=1S/C7H5NO/c1-3-5(9)7-6-4(2)8(6)7/h3H,1-2H2. The smallest absolute Gasteiger partial charge is 0.204 e. The highest BCUT2D eigenvalue weighted by molar-refractivity contribution is 6.11. The average molecular weight is 119 g/mol. The largest absolute Gasteiger partial charge is 0.299 e. The molecule has 1 fully saturated rings. The lowest BCUT2D eigenvalue weighted by atomic mass is 10.3. The van der Waals surface area contributed by atoms with Crippen molar-refractivity contribution in [2.45, 2.75) is 0 Å². The Balaban J connectivity index is 2.24. The number of carbonyl (C=O) groups excluding carboxylic acids is 1. The van der Waals surface area contributed by atoms with Crippen molar-refractivity contribution in [1.82, 2.24) is 4.90 Å². The number of ketones is 1.